The minimum Gasteiger partial charge on any atom is -0.341 e. The Hall–Kier alpha value is -2.70. The lowest BCUT2D eigenvalue weighted by Crippen LogP contribution is -2.34. The number of rotatable bonds is 5. The Morgan fingerprint density at radius 1 is 0.821 bits per heavy atom. The van der Waals surface area contributed by atoms with Crippen LogP contribution in [0.25, 0.3) is 0 Å². The first-order valence-corrected chi connectivity index (χ1v) is 10.4. The van der Waals surface area contributed by atoms with Gasteiger partial charge in [0, 0.05) is 26.2 Å². The Balaban J connectivity index is 1.56. The van der Waals surface area contributed by atoms with Crippen LogP contribution in [0.1, 0.15) is 49.7 Å². The molecule has 2 aliphatic heterocycles. The molecule has 0 aliphatic carbocycles. The fourth-order valence-corrected chi connectivity index (χ4v) is 3.77. The molecule has 3 heterocycles. The lowest BCUT2D eigenvalue weighted by molar-refractivity contribution is 0.556. The number of nitrogens with one attached hydrogen (secondary N) is 1. The number of aromatic nitrogens is 3. The topological polar surface area (TPSA) is 69.5 Å². The van der Waals surface area contributed by atoms with Crippen LogP contribution >= 0.6 is 0 Å². The van der Waals surface area contributed by atoms with Gasteiger partial charge in [0.2, 0.25) is 17.8 Å². The Labute approximate surface area is 166 Å². The number of benzene rings is 1. The molecule has 7 nitrogen and oxygen atoms in total. The molecule has 2 aromatic rings. The molecular formula is C21H29N7. The standard InChI is InChI=1S/C21H29N7/c1-17-10-4-5-11-18(17)16-22-26-19-23-20(27-12-6-2-7-13-27)25-21(24-19)28-14-8-3-9-15-28/h4-5,10-11,16H,2-3,6-9,12-15H2,1H3,(H,23,24,25,26)/b22-16+. The molecule has 4 rings (SSSR count). The summed E-state index contributed by atoms with van der Waals surface area (Å²) < 4.78 is 0. The van der Waals surface area contributed by atoms with Crippen LogP contribution in [0, 0.1) is 6.92 Å². The van der Waals surface area contributed by atoms with E-state index in [1.165, 1.54) is 44.1 Å². The molecule has 0 atom stereocenters. The highest BCUT2D eigenvalue weighted by Gasteiger charge is 2.20. The van der Waals surface area contributed by atoms with Crippen LogP contribution in [-0.2, 0) is 0 Å². The first-order chi connectivity index (χ1) is 13.8. The summed E-state index contributed by atoms with van der Waals surface area (Å²) >= 11 is 0. The van der Waals surface area contributed by atoms with Crippen molar-refractivity contribution < 1.29 is 0 Å². The maximum Gasteiger partial charge on any atom is 0.250 e. The van der Waals surface area contributed by atoms with Gasteiger partial charge in [-0.3, -0.25) is 0 Å². The molecule has 0 saturated carbocycles. The second-order valence-electron chi connectivity index (χ2n) is 7.58. The number of hydrazone groups is 1. The highest BCUT2D eigenvalue weighted by Crippen LogP contribution is 2.22. The molecule has 0 amide bonds. The van der Waals surface area contributed by atoms with E-state index < -0.39 is 0 Å². The van der Waals surface area contributed by atoms with E-state index in [0.717, 1.165) is 43.6 Å². The minimum atomic E-state index is 0.515. The fourth-order valence-electron chi connectivity index (χ4n) is 3.77. The minimum absolute atomic E-state index is 0.515. The fraction of sp³-hybridized carbons (Fsp3) is 0.524. The van der Waals surface area contributed by atoms with E-state index in [-0.39, 0.29) is 0 Å². The number of anilines is 3. The Morgan fingerprint density at radius 3 is 1.96 bits per heavy atom. The van der Waals surface area contributed by atoms with Gasteiger partial charge in [-0.1, -0.05) is 24.3 Å². The highest BCUT2D eigenvalue weighted by molar-refractivity contribution is 5.81. The van der Waals surface area contributed by atoms with Crippen molar-refractivity contribution in [3.8, 4) is 0 Å². The molecule has 2 saturated heterocycles. The molecule has 1 aromatic heterocycles. The molecule has 2 fully saturated rings. The van der Waals surface area contributed by atoms with Crippen LogP contribution in [0.15, 0.2) is 29.4 Å². The smallest absolute Gasteiger partial charge is 0.250 e. The molecule has 28 heavy (non-hydrogen) atoms. The van der Waals surface area contributed by atoms with E-state index in [2.05, 4.69) is 43.3 Å². The van der Waals surface area contributed by atoms with Crippen molar-refractivity contribution in [1.82, 2.24) is 15.0 Å². The average Bonchev–Trinajstić information content (AvgIpc) is 2.76. The van der Waals surface area contributed by atoms with Crippen LogP contribution < -0.4 is 15.2 Å². The molecule has 0 unspecified atom stereocenters. The zero-order chi connectivity index (χ0) is 19.2. The van der Waals surface area contributed by atoms with Crippen molar-refractivity contribution in [2.75, 3.05) is 41.4 Å². The predicted molar refractivity (Wildman–Crippen MR) is 114 cm³/mol. The molecule has 0 radical (unpaired) electrons. The number of aryl methyl sites for hydroxylation is 1. The highest BCUT2D eigenvalue weighted by atomic mass is 15.4. The summed E-state index contributed by atoms with van der Waals surface area (Å²) in [6.07, 6.45) is 9.16. The van der Waals surface area contributed by atoms with Gasteiger partial charge >= 0.3 is 0 Å². The Morgan fingerprint density at radius 2 is 1.39 bits per heavy atom. The first-order valence-electron chi connectivity index (χ1n) is 10.4. The summed E-state index contributed by atoms with van der Waals surface area (Å²) in [7, 11) is 0. The molecule has 1 aromatic carbocycles. The van der Waals surface area contributed by atoms with Gasteiger partial charge in [0.15, 0.2) is 0 Å². The number of nitrogens with zero attached hydrogens (tertiary/aromatic N) is 6. The van der Waals surface area contributed by atoms with Crippen LogP contribution in [0.3, 0.4) is 0 Å². The van der Waals surface area contributed by atoms with Crippen molar-refractivity contribution >= 4 is 24.1 Å². The summed E-state index contributed by atoms with van der Waals surface area (Å²) in [4.78, 5) is 18.7. The molecule has 1 N–H and O–H groups in total. The van der Waals surface area contributed by atoms with Gasteiger partial charge in [0.1, 0.15) is 0 Å². The van der Waals surface area contributed by atoms with Crippen LogP contribution in [0.5, 0.6) is 0 Å². The summed E-state index contributed by atoms with van der Waals surface area (Å²) in [5.74, 6) is 2.05. The van der Waals surface area contributed by atoms with Gasteiger partial charge in [-0.15, -0.1) is 0 Å². The molecule has 0 spiro atoms. The summed E-state index contributed by atoms with van der Waals surface area (Å²) in [6, 6.07) is 8.17. The quantitative estimate of drug-likeness (QED) is 0.632. The zero-order valence-corrected chi connectivity index (χ0v) is 16.6. The van der Waals surface area contributed by atoms with Gasteiger partial charge in [0.05, 0.1) is 6.21 Å². The number of hydrogen-bond acceptors (Lipinski definition) is 7. The third-order valence-corrected chi connectivity index (χ3v) is 5.45. The van der Waals surface area contributed by atoms with Gasteiger partial charge < -0.3 is 9.80 Å². The van der Waals surface area contributed by atoms with E-state index in [1.54, 1.807) is 0 Å². The molecule has 7 heteroatoms. The number of piperidine rings is 2. The van der Waals surface area contributed by atoms with Gasteiger partial charge in [-0.05, 0) is 56.6 Å². The van der Waals surface area contributed by atoms with Crippen LogP contribution in [-0.4, -0.2) is 47.3 Å². The molecular weight excluding hydrogens is 350 g/mol. The van der Waals surface area contributed by atoms with E-state index in [1.807, 2.05) is 24.4 Å². The Kier molecular flexibility index (Phi) is 5.99. The third-order valence-electron chi connectivity index (χ3n) is 5.45. The van der Waals surface area contributed by atoms with Crippen LogP contribution in [0.2, 0.25) is 0 Å². The van der Waals surface area contributed by atoms with Crippen molar-refractivity contribution in [2.24, 2.45) is 5.10 Å². The van der Waals surface area contributed by atoms with Crippen molar-refractivity contribution in [3.05, 3.63) is 35.4 Å². The Bertz CT molecular complexity index is 772. The van der Waals surface area contributed by atoms with Gasteiger partial charge in [-0.2, -0.15) is 20.1 Å². The molecule has 2 aliphatic rings. The first kappa shape index (κ1) is 18.7. The summed E-state index contributed by atoms with van der Waals surface area (Å²) in [5, 5.41) is 4.38. The lowest BCUT2D eigenvalue weighted by Gasteiger charge is -2.30. The van der Waals surface area contributed by atoms with E-state index in [4.69, 9.17) is 4.98 Å². The van der Waals surface area contributed by atoms with Gasteiger partial charge in [0.25, 0.3) is 0 Å². The monoisotopic (exact) mass is 379 g/mol. The summed E-state index contributed by atoms with van der Waals surface area (Å²) in [5.41, 5.74) is 5.30. The number of hydrogen-bond donors (Lipinski definition) is 1. The second kappa shape index (κ2) is 8.99. The summed E-state index contributed by atoms with van der Waals surface area (Å²) in [6.45, 7) is 6.11. The zero-order valence-electron chi connectivity index (χ0n) is 16.6. The van der Waals surface area contributed by atoms with E-state index in [9.17, 15) is 0 Å². The van der Waals surface area contributed by atoms with Crippen molar-refractivity contribution in [1.29, 1.82) is 0 Å². The predicted octanol–water partition coefficient (Wildman–Crippen LogP) is 3.61. The normalized spacial score (nSPS) is 17.9. The van der Waals surface area contributed by atoms with Crippen molar-refractivity contribution in [2.45, 2.75) is 45.4 Å². The van der Waals surface area contributed by atoms with Crippen molar-refractivity contribution in [3.63, 3.8) is 0 Å². The van der Waals surface area contributed by atoms with Crippen LogP contribution in [0.4, 0.5) is 17.8 Å². The second-order valence-corrected chi connectivity index (χ2v) is 7.58. The van der Waals surface area contributed by atoms with Gasteiger partial charge in [-0.25, -0.2) is 5.43 Å². The molecule has 0 bridgehead atoms. The lowest BCUT2D eigenvalue weighted by atomic mass is 10.1. The maximum absolute atomic E-state index is 4.80. The largest absolute Gasteiger partial charge is 0.341 e. The average molecular weight is 380 g/mol. The molecule has 148 valence electrons. The van der Waals surface area contributed by atoms with E-state index >= 15 is 0 Å². The third kappa shape index (κ3) is 4.58. The SMILES string of the molecule is Cc1ccccc1/C=N/Nc1nc(N2CCCCC2)nc(N2CCCCC2)n1. The van der Waals surface area contributed by atoms with E-state index in [0.29, 0.717) is 5.95 Å². The maximum atomic E-state index is 4.80.